The zero-order valence-electron chi connectivity index (χ0n) is 19.6. The Balaban J connectivity index is 1.61. The van der Waals surface area contributed by atoms with Crippen LogP contribution in [0.15, 0.2) is 0 Å². The number of aliphatic hydroxyl groups is 2. The monoisotopic (exact) mass is 420 g/mol. The van der Waals surface area contributed by atoms with Gasteiger partial charge in [0, 0.05) is 6.42 Å². The van der Waals surface area contributed by atoms with Crippen molar-refractivity contribution < 1.29 is 20.1 Å². The van der Waals surface area contributed by atoms with Crippen LogP contribution in [0.25, 0.3) is 0 Å². The lowest BCUT2D eigenvalue weighted by molar-refractivity contribution is -0.217. The zero-order valence-corrected chi connectivity index (χ0v) is 19.6. The van der Waals surface area contributed by atoms with Gasteiger partial charge >= 0.3 is 5.97 Å². The van der Waals surface area contributed by atoms with Crippen LogP contribution in [-0.4, -0.2) is 33.5 Å². The Morgan fingerprint density at radius 3 is 2.43 bits per heavy atom. The first-order valence-corrected chi connectivity index (χ1v) is 12.7. The van der Waals surface area contributed by atoms with Crippen molar-refractivity contribution >= 4 is 5.97 Å². The van der Waals surface area contributed by atoms with Gasteiger partial charge in [-0.1, -0.05) is 27.7 Å². The lowest BCUT2D eigenvalue weighted by Gasteiger charge is -2.67. The topological polar surface area (TPSA) is 77.8 Å². The van der Waals surface area contributed by atoms with Crippen LogP contribution in [0.2, 0.25) is 0 Å². The number of carboxylic acid groups (broad SMARTS) is 1. The summed E-state index contributed by atoms with van der Waals surface area (Å²) >= 11 is 0. The molecule has 4 aliphatic carbocycles. The van der Waals surface area contributed by atoms with Gasteiger partial charge in [0.2, 0.25) is 0 Å². The lowest BCUT2D eigenvalue weighted by Crippen LogP contribution is -2.63. The molecule has 4 rings (SSSR count). The summed E-state index contributed by atoms with van der Waals surface area (Å²) in [5.41, 5.74) is 0.530. The van der Waals surface area contributed by atoms with Crippen molar-refractivity contribution in [2.45, 2.75) is 111 Å². The van der Waals surface area contributed by atoms with Crippen molar-refractivity contribution in [1.82, 2.24) is 0 Å². The normalized spacial score (nSPS) is 51.5. The number of carboxylic acids is 1. The number of fused-ring (bicyclic) bond motifs is 5. The maximum Gasteiger partial charge on any atom is 0.303 e. The molecule has 0 amide bonds. The van der Waals surface area contributed by atoms with Gasteiger partial charge in [-0.15, -0.1) is 0 Å². The Morgan fingerprint density at radius 1 is 1.03 bits per heavy atom. The molecule has 4 fully saturated rings. The Kier molecular flexibility index (Phi) is 5.84. The van der Waals surface area contributed by atoms with E-state index in [9.17, 15) is 15.0 Å². The van der Waals surface area contributed by atoms with Gasteiger partial charge in [0.1, 0.15) is 0 Å². The number of hydrogen-bond acceptors (Lipinski definition) is 3. The van der Waals surface area contributed by atoms with Gasteiger partial charge in [0.25, 0.3) is 0 Å². The van der Waals surface area contributed by atoms with E-state index in [0.717, 1.165) is 38.5 Å². The molecule has 0 aromatic carbocycles. The van der Waals surface area contributed by atoms with Crippen molar-refractivity contribution in [3.8, 4) is 0 Å². The molecule has 0 unspecified atom stereocenters. The molecule has 0 heterocycles. The van der Waals surface area contributed by atoms with Crippen LogP contribution in [-0.2, 0) is 4.79 Å². The molecule has 0 radical (unpaired) electrons. The number of aliphatic hydroxyl groups excluding tert-OH is 2. The summed E-state index contributed by atoms with van der Waals surface area (Å²) in [6.45, 7) is 9.49. The molecule has 172 valence electrons. The first-order valence-electron chi connectivity index (χ1n) is 12.7. The van der Waals surface area contributed by atoms with Crippen molar-refractivity contribution in [3.63, 3.8) is 0 Å². The van der Waals surface area contributed by atoms with Crippen LogP contribution in [0.4, 0.5) is 0 Å². The number of carbonyl (C=O) groups is 1. The molecule has 4 heteroatoms. The highest BCUT2D eigenvalue weighted by molar-refractivity contribution is 5.66. The molecule has 0 bridgehead atoms. The summed E-state index contributed by atoms with van der Waals surface area (Å²) in [6, 6.07) is 0. The maximum atomic E-state index is 11.5. The summed E-state index contributed by atoms with van der Waals surface area (Å²) in [4.78, 5) is 11.1. The maximum absolute atomic E-state index is 11.5. The summed E-state index contributed by atoms with van der Waals surface area (Å²) in [5.74, 6) is 1.82. The van der Waals surface area contributed by atoms with E-state index in [1.54, 1.807) is 0 Å². The van der Waals surface area contributed by atoms with Crippen LogP contribution in [0.5, 0.6) is 0 Å². The third-order valence-corrected chi connectivity index (χ3v) is 11.3. The molecule has 0 aliphatic heterocycles. The smallest absolute Gasteiger partial charge is 0.303 e. The molecule has 3 N–H and O–H groups in total. The fourth-order valence-electron chi connectivity index (χ4n) is 9.64. The minimum Gasteiger partial charge on any atom is -0.481 e. The van der Waals surface area contributed by atoms with E-state index in [-0.39, 0.29) is 34.9 Å². The Hall–Kier alpha value is -0.610. The predicted molar refractivity (Wildman–Crippen MR) is 118 cm³/mol. The SMILES string of the molecule is CC[C@@]12C[C@H](O)CC[C@]1(C)[C@H]1CC[C@]3(C)[C@@H]([C@H](C)CCC(=O)O)CC[C@H]3[C@@H]1[C@H](O)C2. The molecule has 0 spiro atoms. The van der Waals surface area contributed by atoms with Crippen molar-refractivity contribution in [1.29, 1.82) is 0 Å². The zero-order chi connectivity index (χ0) is 21.9. The lowest BCUT2D eigenvalue weighted by atomic mass is 9.38. The van der Waals surface area contributed by atoms with Crippen LogP contribution in [0.3, 0.4) is 0 Å². The molecule has 30 heavy (non-hydrogen) atoms. The van der Waals surface area contributed by atoms with Gasteiger partial charge in [0.05, 0.1) is 12.2 Å². The highest BCUT2D eigenvalue weighted by Gasteiger charge is 2.66. The Bertz CT molecular complexity index is 663. The highest BCUT2D eigenvalue weighted by Crippen LogP contribution is 2.72. The molecule has 4 saturated carbocycles. The first kappa shape index (κ1) is 22.6. The van der Waals surface area contributed by atoms with E-state index in [4.69, 9.17) is 5.11 Å². The Morgan fingerprint density at radius 2 is 1.77 bits per heavy atom. The highest BCUT2D eigenvalue weighted by atomic mass is 16.4. The fourth-order valence-corrected chi connectivity index (χ4v) is 9.64. The summed E-state index contributed by atoms with van der Waals surface area (Å²) in [5, 5.41) is 31.2. The van der Waals surface area contributed by atoms with Crippen molar-refractivity contribution in [3.05, 3.63) is 0 Å². The first-order chi connectivity index (χ1) is 14.1. The van der Waals surface area contributed by atoms with Gasteiger partial charge in [-0.3, -0.25) is 4.79 Å². The van der Waals surface area contributed by atoms with Crippen molar-refractivity contribution in [2.75, 3.05) is 0 Å². The summed E-state index contributed by atoms with van der Waals surface area (Å²) in [7, 11) is 0. The van der Waals surface area contributed by atoms with Crippen LogP contribution >= 0.6 is 0 Å². The third kappa shape index (κ3) is 3.18. The minimum atomic E-state index is -0.684. The van der Waals surface area contributed by atoms with Gasteiger partial charge in [0.15, 0.2) is 0 Å². The van der Waals surface area contributed by atoms with Gasteiger partial charge in [-0.2, -0.15) is 0 Å². The largest absolute Gasteiger partial charge is 0.481 e. The van der Waals surface area contributed by atoms with Gasteiger partial charge < -0.3 is 15.3 Å². The molecule has 10 atom stereocenters. The summed E-state index contributed by atoms with van der Waals surface area (Å²) in [6.07, 6.45) is 10.1. The Labute approximate surface area is 182 Å². The number of rotatable bonds is 5. The molecule has 4 nitrogen and oxygen atoms in total. The molecule has 0 aromatic rings. The quantitative estimate of drug-likeness (QED) is 0.567. The predicted octanol–water partition coefficient (Wildman–Crippen LogP) is 5.26. The number of aliphatic carboxylic acids is 1. The second kappa shape index (κ2) is 7.76. The minimum absolute atomic E-state index is 0.0752. The van der Waals surface area contributed by atoms with Gasteiger partial charge in [-0.25, -0.2) is 0 Å². The second-order valence-corrected chi connectivity index (χ2v) is 12.1. The molecule has 0 aromatic heterocycles. The van der Waals surface area contributed by atoms with E-state index < -0.39 is 5.97 Å². The standard InChI is InChI=1S/C26H44O4/c1-5-26-14-17(27)10-13-25(26,4)20-11-12-24(3)18(16(2)6-9-22(29)30)7-8-19(24)23(20)21(28)15-26/h16-21,23,27-28H,5-15H2,1-4H3,(H,29,30)/t16-,17-,18-,19+,20+,21-,23+,24-,25-,26+/m1/s1. The second-order valence-electron chi connectivity index (χ2n) is 12.1. The average molecular weight is 421 g/mol. The van der Waals surface area contributed by atoms with Crippen molar-refractivity contribution in [2.24, 2.45) is 45.8 Å². The van der Waals surface area contributed by atoms with Crippen LogP contribution in [0.1, 0.15) is 98.3 Å². The summed E-state index contributed by atoms with van der Waals surface area (Å²) < 4.78 is 0. The van der Waals surface area contributed by atoms with Gasteiger partial charge in [-0.05, 0) is 110 Å². The molecular weight excluding hydrogens is 376 g/mol. The van der Waals surface area contributed by atoms with E-state index >= 15 is 0 Å². The third-order valence-electron chi connectivity index (χ3n) is 11.3. The van der Waals surface area contributed by atoms with Crippen LogP contribution < -0.4 is 0 Å². The molecule has 4 aliphatic rings. The van der Waals surface area contributed by atoms with E-state index in [1.807, 2.05) is 0 Å². The van der Waals surface area contributed by atoms with Crippen LogP contribution in [0, 0.1) is 45.8 Å². The molecule has 0 saturated heterocycles. The van der Waals surface area contributed by atoms with E-state index in [2.05, 4.69) is 27.7 Å². The van der Waals surface area contributed by atoms with E-state index in [0.29, 0.717) is 29.6 Å². The average Bonchev–Trinajstić information content (AvgIpc) is 3.04. The van der Waals surface area contributed by atoms with E-state index in [1.165, 1.54) is 25.7 Å². The fraction of sp³-hybridized carbons (Fsp3) is 0.962. The molecular formula is C26H44O4. The number of hydrogen-bond donors (Lipinski definition) is 3.